The van der Waals surface area contributed by atoms with Crippen molar-refractivity contribution in [1.82, 2.24) is 24.9 Å². The highest BCUT2D eigenvalue weighted by molar-refractivity contribution is 5.85. The van der Waals surface area contributed by atoms with Crippen LogP contribution in [-0.4, -0.2) is 57.6 Å². The Kier molecular flexibility index (Phi) is 7.78. The highest BCUT2D eigenvalue weighted by atomic mass is 16.6. The minimum absolute atomic E-state index is 0.399. The third kappa shape index (κ3) is 6.15. The number of aryl methyl sites for hydroxylation is 1. The number of nitrogens with one attached hydrogen (secondary N) is 2. The number of anilines is 1. The molecule has 0 aliphatic carbocycles. The zero-order valence-corrected chi connectivity index (χ0v) is 20.3. The van der Waals surface area contributed by atoms with Gasteiger partial charge in [-0.25, -0.2) is 9.78 Å². The van der Waals surface area contributed by atoms with Crippen LogP contribution in [0.3, 0.4) is 0 Å². The standard InChI is InChI=1S/C23H34N6O4/c1-7-31-18-13-16-17(14-19(18)32-8-2)29-15(3)27-28-21(29)20(26-16)24-11-9-10-12-25-22(30)33-23(4,5)6/h13-14H,7-12H2,1-6H3,(H,24,26)(H,25,30). The van der Waals surface area contributed by atoms with Crippen LogP contribution in [-0.2, 0) is 4.74 Å². The molecule has 0 fully saturated rings. The second-order valence-corrected chi connectivity index (χ2v) is 8.58. The molecule has 2 aromatic heterocycles. The van der Waals surface area contributed by atoms with Gasteiger partial charge in [-0.3, -0.25) is 4.40 Å². The van der Waals surface area contributed by atoms with E-state index in [4.69, 9.17) is 19.2 Å². The molecule has 0 aliphatic rings. The predicted molar refractivity (Wildman–Crippen MR) is 127 cm³/mol. The van der Waals surface area contributed by atoms with Crippen LogP contribution < -0.4 is 20.1 Å². The van der Waals surface area contributed by atoms with Crippen LogP contribution >= 0.6 is 0 Å². The summed E-state index contributed by atoms with van der Waals surface area (Å²) in [5.74, 6) is 2.73. The molecular formula is C23H34N6O4. The summed E-state index contributed by atoms with van der Waals surface area (Å²) in [6.07, 6.45) is 1.24. The second-order valence-electron chi connectivity index (χ2n) is 8.58. The number of aromatic nitrogens is 4. The number of nitrogens with zero attached hydrogens (tertiary/aromatic N) is 4. The summed E-state index contributed by atoms with van der Waals surface area (Å²) in [6.45, 7) is 13.6. The Labute approximate surface area is 194 Å². The molecule has 33 heavy (non-hydrogen) atoms. The van der Waals surface area contributed by atoms with Crippen molar-refractivity contribution in [2.45, 2.75) is 60.0 Å². The maximum Gasteiger partial charge on any atom is 0.407 e. The summed E-state index contributed by atoms with van der Waals surface area (Å²) in [5.41, 5.74) is 1.76. The van der Waals surface area contributed by atoms with E-state index in [1.54, 1.807) is 0 Å². The molecule has 2 N–H and O–H groups in total. The van der Waals surface area contributed by atoms with Gasteiger partial charge in [-0.2, -0.15) is 0 Å². The van der Waals surface area contributed by atoms with E-state index in [-0.39, 0.29) is 0 Å². The number of carbonyl (C=O) groups excluding carboxylic acids is 1. The summed E-state index contributed by atoms with van der Waals surface area (Å²) in [6, 6.07) is 3.81. The van der Waals surface area contributed by atoms with Crippen LogP contribution in [0.5, 0.6) is 11.5 Å². The van der Waals surface area contributed by atoms with E-state index in [1.165, 1.54) is 0 Å². The van der Waals surface area contributed by atoms with E-state index >= 15 is 0 Å². The van der Waals surface area contributed by atoms with Gasteiger partial charge in [0.15, 0.2) is 17.3 Å². The average molecular weight is 459 g/mol. The molecule has 2 heterocycles. The number of fused-ring (bicyclic) bond motifs is 3. The lowest BCUT2D eigenvalue weighted by molar-refractivity contribution is 0.0527. The van der Waals surface area contributed by atoms with Crippen LogP contribution in [0.15, 0.2) is 12.1 Å². The molecule has 0 bridgehead atoms. The number of hydrogen-bond acceptors (Lipinski definition) is 8. The number of carbonyl (C=O) groups is 1. The fourth-order valence-electron chi connectivity index (χ4n) is 3.40. The fraction of sp³-hybridized carbons (Fsp3) is 0.565. The monoisotopic (exact) mass is 458 g/mol. The first-order valence-corrected chi connectivity index (χ1v) is 11.4. The molecule has 10 heteroatoms. The topological polar surface area (TPSA) is 112 Å². The number of alkyl carbamates (subject to hydrolysis) is 1. The molecule has 3 rings (SSSR count). The number of unbranched alkanes of at least 4 members (excludes halogenated alkanes) is 1. The second kappa shape index (κ2) is 10.5. The summed E-state index contributed by atoms with van der Waals surface area (Å²) in [4.78, 5) is 16.5. The van der Waals surface area contributed by atoms with Gasteiger partial charge in [0.25, 0.3) is 0 Å². The van der Waals surface area contributed by atoms with Gasteiger partial charge < -0.3 is 24.8 Å². The Hall–Kier alpha value is -3.30. The van der Waals surface area contributed by atoms with Crippen molar-refractivity contribution in [3.05, 3.63) is 18.0 Å². The van der Waals surface area contributed by atoms with Gasteiger partial charge in [-0.05, 0) is 54.4 Å². The number of benzene rings is 1. The van der Waals surface area contributed by atoms with Crippen molar-refractivity contribution in [2.75, 3.05) is 31.6 Å². The molecular weight excluding hydrogens is 424 g/mol. The van der Waals surface area contributed by atoms with Crippen LogP contribution in [0.25, 0.3) is 16.7 Å². The lowest BCUT2D eigenvalue weighted by Crippen LogP contribution is -2.33. The van der Waals surface area contributed by atoms with Gasteiger partial charge in [-0.15, -0.1) is 10.2 Å². The van der Waals surface area contributed by atoms with Crippen LogP contribution in [0, 0.1) is 6.92 Å². The molecule has 180 valence electrons. The largest absolute Gasteiger partial charge is 0.490 e. The number of amides is 1. The van der Waals surface area contributed by atoms with E-state index < -0.39 is 11.7 Å². The third-order valence-corrected chi connectivity index (χ3v) is 4.71. The zero-order chi connectivity index (χ0) is 24.0. The van der Waals surface area contributed by atoms with E-state index in [1.807, 2.05) is 58.1 Å². The maximum absolute atomic E-state index is 11.7. The van der Waals surface area contributed by atoms with Gasteiger partial charge in [-0.1, -0.05) is 0 Å². The molecule has 0 spiro atoms. The predicted octanol–water partition coefficient (Wildman–Crippen LogP) is 4.10. The average Bonchev–Trinajstić information content (AvgIpc) is 3.12. The Balaban J connectivity index is 1.72. The molecule has 10 nitrogen and oxygen atoms in total. The molecule has 0 atom stereocenters. The van der Waals surface area contributed by atoms with Crippen molar-refractivity contribution in [3.63, 3.8) is 0 Å². The fourth-order valence-corrected chi connectivity index (χ4v) is 3.40. The van der Waals surface area contributed by atoms with Crippen LogP contribution in [0.4, 0.5) is 10.6 Å². The SMILES string of the molecule is CCOc1cc2nc(NCCCCNC(=O)OC(C)(C)C)c3nnc(C)n3c2cc1OCC. The smallest absolute Gasteiger partial charge is 0.407 e. The molecule has 0 saturated heterocycles. The van der Waals surface area contributed by atoms with Crippen molar-refractivity contribution >= 4 is 28.6 Å². The molecule has 0 aliphatic heterocycles. The zero-order valence-electron chi connectivity index (χ0n) is 20.3. The Bertz CT molecular complexity index is 1110. The number of rotatable bonds is 10. The van der Waals surface area contributed by atoms with E-state index in [0.29, 0.717) is 49.3 Å². The summed E-state index contributed by atoms with van der Waals surface area (Å²) >= 11 is 0. The molecule has 1 amide bonds. The summed E-state index contributed by atoms with van der Waals surface area (Å²) in [7, 11) is 0. The van der Waals surface area contributed by atoms with Crippen molar-refractivity contribution in [2.24, 2.45) is 0 Å². The quantitative estimate of drug-likeness (QED) is 0.437. The summed E-state index contributed by atoms with van der Waals surface area (Å²) in [5, 5.41) is 14.7. The van der Waals surface area contributed by atoms with Crippen LogP contribution in [0.1, 0.15) is 53.3 Å². The molecule has 0 radical (unpaired) electrons. The van der Waals surface area contributed by atoms with E-state index in [0.717, 1.165) is 29.7 Å². The number of ether oxygens (including phenoxy) is 3. The molecule has 0 saturated carbocycles. The third-order valence-electron chi connectivity index (χ3n) is 4.71. The first-order valence-electron chi connectivity index (χ1n) is 11.4. The van der Waals surface area contributed by atoms with Gasteiger partial charge in [0, 0.05) is 25.2 Å². The Morgan fingerprint density at radius 1 is 1.03 bits per heavy atom. The van der Waals surface area contributed by atoms with E-state index in [9.17, 15) is 4.79 Å². The molecule has 0 unspecified atom stereocenters. The Morgan fingerprint density at radius 3 is 2.36 bits per heavy atom. The minimum Gasteiger partial charge on any atom is -0.490 e. The van der Waals surface area contributed by atoms with Crippen molar-refractivity contribution < 1.29 is 19.0 Å². The molecule has 3 aromatic rings. The van der Waals surface area contributed by atoms with Gasteiger partial charge in [0.05, 0.1) is 24.2 Å². The van der Waals surface area contributed by atoms with Gasteiger partial charge >= 0.3 is 6.09 Å². The highest BCUT2D eigenvalue weighted by Crippen LogP contribution is 2.34. The normalized spacial score (nSPS) is 11.6. The molecule has 1 aromatic carbocycles. The van der Waals surface area contributed by atoms with Crippen LogP contribution in [0.2, 0.25) is 0 Å². The van der Waals surface area contributed by atoms with Gasteiger partial charge in [0.1, 0.15) is 11.4 Å². The first-order chi connectivity index (χ1) is 15.7. The van der Waals surface area contributed by atoms with Crippen molar-refractivity contribution in [1.29, 1.82) is 0 Å². The summed E-state index contributed by atoms with van der Waals surface area (Å²) < 4.78 is 18.8. The maximum atomic E-state index is 11.7. The lowest BCUT2D eigenvalue weighted by atomic mass is 10.2. The highest BCUT2D eigenvalue weighted by Gasteiger charge is 2.17. The first kappa shape index (κ1) is 24.3. The van der Waals surface area contributed by atoms with Gasteiger partial charge in [0.2, 0.25) is 5.65 Å². The number of hydrogen-bond donors (Lipinski definition) is 2. The Morgan fingerprint density at radius 2 is 1.70 bits per heavy atom. The van der Waals surface area contributed by atoms with Crippen molar-refractivity contribution in [3.8, 4) is 11.5 Å². The lowest BCUT2D eigenvalue weighted by Gasteiger charge is -2.19. The van der Waals surface area contributed by atoms with E-state index in [2.05, 4.69) is 20.8 Å². The minimum atomic E-state index is -0.499.